The van der Waals surface area contributed by atoms with Crippen LogP contribution in [0.1, 0.15) is 29.6 Å². The van der Waals surface area contributed by atoms with Gasteiger partial charge in [-0.05, 0) is 19.4 Å². The van der Waals surface area contributed by atoms with Crippen molar-refractivity contribution in [2.45, 2.75) is 25.5 Å². The third kappa shape index (κ3) is 2.07. The Labute approximate surface area is 82.1 Å². The van der Waals surface area contributed by atoms with Crippen LogP contribution >= 0.6 is 11.3 Å². The number of nitrogens with zero attached hydrogens (tertiary/aromatic N) is 1. The molecule has 0 aliphatic carbocycles. The molecule has 13 heavy (non-hydrogen) atoms. The van der Waals surface area contributed by atoms with Crippen LogP contribution in [0.5, 0.6) is 0 Å². The summed E-state index contributed by atoms with van der Waals surface area (Å²) in [6.45, 7) is 1.76. The lowest BCUT2D eigenvalue weighted by Crippen LogP contribution is -2.12. The first-order chi connectivity index (χ1) is 6.40. The van der Waals surface area contributed by atoms with E-state index in [0.717, 1.165) is 12.2 Å². The lowest BCUT2D eigenvalue weighted by molar-refractivity contribution is 0.182. The van der Waals surface area contributed by atoms with Gasteiger partial charge < -0.3 is 10.1 Å². The highest BCUT2D eigenvalue weighted by Gasteiger charge is 2.18. The van der Waals surface area contributed by atoms with Crippen LogP contribution in [-0.2, 0) is 11.3 Å². The van der Waals surface area contributed by atoms with Gasteiger partial charge in [0.25, 0.3) is 0 Å². The molecule has 2 heterocycles. The number of thiazole rings is 1. The van der Waals surface area contributed by atoms with Crippen molar-refractivity contribution >= 4 is 11.3 Å². The average Bonchev–Trinajstić information content (AvgIpc) is 2.70. The summed E-state index contributed by atoms with van der Waals surface area (Å²) < 4.78 is 5.03. The van der Waals surface area contributed by atoms with Gasteiger partial charge in [0.05, 0.1) is 18.3 Å². The fourth-order valence-electron chi connectivity index (χ4n) is 1.59. The maximum atomic E-state index is 5.03. The van der Waals surface area contributed by atoms with Crippen molar-refractivity contribution in [2.24, 2.45) is 0 Å². The van der Waals surface area contributed by atoms with Gasteiger partial charge in [-0.3, -0.25) is 0 Å². The molecule has 0 unspecified atom stereocenters. The summed E-state index contributed by atoms with van der Waals surface area (Å²) in [5.41, 5.74) is 1.05. The average molecular weight is 198 g/mol. The van der Waals surface area contributed by atoms with Crippen molar-refractivity contribution in [2.75, 3.05) is 13.7 Å². The van der Waals surface area contributed by atoms with Gasteiger partial charge in [-0.2, -0.15) is 0 Å². The van der Waals surface area contributed by atoms with Gasteiger partial charge in [-0.25, -0.2) is 4.98 Å². The van der Waals surface area contributed by atoms with Gasteiger partial charge in [0.2, 0.25) is 0 Å². The van der Waals surface area contributed by atoms with Crippen LogP contribution in [0.25, 0.3) is 0 Å². The summed E-state index contributed by atoms with van der Waals surface area (Å²) in [7, 11) is 1.70. The predicted octanol–water partition coefficient (Wildman–Crippen LogP) is 1.71. The van der Waals surface area contributed by atoms with Gasteiger partial charge in [-0.1, -0.05) is 0 Å². The van der Waals surface area contributed by atoms with E-state index in [4.69, 9.17) is 4.74 Å². The Balaban J connectivity index is 2.03. The molecule has 4 heteroatoms. The van der Waals surface area contributed by atoms with Crippen molar-refractivity contribution in [3.8, 4) is 0 Å². The minimum absolute atomic E-state index is 0.496. The van der Waals surface area contributed by atoms with Gasteiger partial charge in [0.15, 0.2) is 0 Å². The molecule has 0 radical (unpaired) electrons. The second-order valence-corrected chi connectivity index (χ2v) is 4.15. The summed E-state index contributed by atoms with van der Waals surface area (Å²) in [6.07, 6.45) is 2.49. The first-order valence-electron chi connectivity index (χ1n) is 4.57. The predicted molar refractivity (Wildman–Crippen MR) is 52.8 cm³/mol. The standard InChI is InChI=1S/C9H14N2OS/c1-12-5-7-6-13-9(11-7)8-3-2-4-10-8/h6,8,10H,2-5H2,1H3/t8-/m1/s1. The van der Waals surface area contributed by atoms with E-state index >= 15 is 0 Å². The minimum atomic E-state index is 0.496. The monoisotopic (exact) mass is 198 g/mol. The molecule has 1 aliphatic rings. The minimum Gasteiger partial charge on any atom is -0.378 e. The summed E-state index contributed by atoms with van der Waals surface area (Å²) in [5, 5.41) is 6.73. The number of hydrogen-bond donors (Lipinski definition) is 1. The van der Waals surface area contributed by atoms with Crippen molar-refractivity contribution in [1.82, 2.24) is 10.3 Å². The Kier molecular flexibility index (Phi) is 2.93. The third-order valence-corrected chi connectivity index (χ3v) is 3.23. The van der Waals surface area contributed by atoms with Crippen molar-refractivity contribution < 1.29 is 4.74 Å². The van der Waals surface area contributed by atoms with E-state index in [9.17, 15) is 0 Å². The zero-order valence-electron chi connectivity index (χ0n) is 7.75. The number of rotatable bonds is 3. The maximum absolute atomic E-state index is 5.03. The maximum Gasteiger partial charge on any atom is 0.110 e. The van der Waals surface area contributed by atoms with Crippen LogP contribution in [-0.4, -0.2) is 18.6 Å². The molecule has 1 aromatic rings. The Hall–Kier alpha value is -0.450. The fraction of sp³-hybridized carbons (Fsp3) is 0.667. The second kappa shape index (κ2) is 4.17. The molecule has 1 N–H and O–H groups in total. The molecule has 0 spiro atoms. The highest BCUT2D eigenvalue weighted by molar-refractivity contribution is 7.09. The Bertz CT molecular complexity index is 268. The molecular weight excluding hydrogens is 184 g/mol. The smallest absolute Gasteiger partial charge is 0.110 e. The van der Waals surface area contributed by atoms with E-state index in [1.54, 1.807) is 18.4 Å². The number of hydrogen-bond acceptors (Lipinski definition) is 4. The van der Waals surface area contributed by atoms with Gasteiger partial charge in [0, 0.05) is 12.5 Å². The van der Waals surface area contributed by atoms with E-state index in [-0.39, 0.29) is 0 Å². The van der Waals surface area contributed by atoms with Crippen molar-refractivity contribution in [1.29, 1.82) is 0 Å². The molecule has 1 aromatic heterocycles. The summed E-state index contributed by atoms with van der Waals surface area (Å²) in [5.74, 6) is 0. The van der Waals surface area contributed by atoms with Crippen LogP contribution in [0.3, 0.4) is 0 Å². The van der Waals surface area contributed by atoms with Crippen molar-refractivity contribution in [3.63, 3.8) is 0 Å². The van der Waals surface area contributed by atoms with Crippen LogP contribution in [0, 0.1) is 0 Å². The molecule has 1 fully saturated rings. The zero-order chi connectivity index (χ0) is 9.10. The van der Waals surface area contributed by atoms with Crippen LogP contribution in [0.15, 0.2) is 5.38 Å². The molecule has 0 amide bonds. The zero-order valence-corrected chi connectivity index (χ0v) is 8.56. The van der Waals surface area contributed by atoms with E-state index in [1.807, 2.05) is 0 Å². The quantitative estimate of drug-likeness (QED) is 0.803. The lowest BCUT2D eigenvalue weighted by Gasteiger charge is -2.04. The molecule has 0 bridgehead atoms. The topological polar surface area (TPSA) is 34.1 Å². The second-order valence-electron chi connectivity index (χ2n) is 3.26. The highest BCUT2D eigenvalue weighted by atomic mass is 32.1. The largest absolute Gasteiger partial charge is 0.378 e. The van der Waals surface area contributed by atoms with Gasteiger partial charge in [0.1, 0.15) is 5.01 Å². The molecular formula is C9H14N2OS. The normalized spacial score (nSPS) is 22.4. The number of aromatic nitrogens is 1. The lowest BCUT2D eigenvalue weighted by atomic mass is 10.2. The summed E-state index contributed by atoms with van der Waals surface area (Å²) >= 11 is 1.73. The Morgan fingerprint density at radius 1 is 1.77 bits per heavy atom. The fourth-order valence-corrected chi connectivity index (χ4v) is 2.51. The van der Waals surface area contributed by atoms with Crippen LogP contribution in [0.2, 0.25) is 0 Å². The number of ether oxygens (including phenoxy) is 1. The van der Waals surface area contributed by atoms with Crippen LogP contribution < -0.4 is 5.32 Å². The molecule has 0 aromatic carbocycles. The van der Waals surface area contributed by atoms with E-state index in [1.165, 1.54) is 17.8 Å². The first-order valence-corrected chi connectivity index (χ1v) is 5.44. The number of methoxy groups -OCH3 is 1. The van der Waals surface area contributed by atoms with Crippen LogP contribution in [0.4, 0.5) is 0 Å². The molecule has 1 atom stereocenters. The third-order valence-electron chi connectivity index (χ3n) is 2.22. The van der Waals surface area contributed by atoms with E-state index < -0.39 is 0 Å². The molecule has 1 saturated heterocycles. The highest BCUT2D eigenvalue weighted by Crippen LogP contribution is 2.25. The molecule has 72 valence electrons. The SMILES string of the molecule is COCc1csc([C@H]2CCCN2)n1. The van der Waals surface area contributed by atoms with Gasteiger partial charge >= 0.3 is 0 Å². The first kappa shape index (κ1) is 9.12. The van der Waals surface area contributed by atoms with Gasteiger partial charge in [-0.15, -0.1) is 11.3 Å². The Morgan fingerprint density at radius 2 is 2.69 bits per heavy atom. The molecule has 2 rings (SSSR count). The summed E-state index contributed by atoms with van der Waals surface area (Å²) in [4.78, 5) is 4.51. The Morgan fingerprint density at radius 3 is 3.38 bits per heavy atom. The number of nitrogens with one attached hydrogen (secondary N) is 1. The summed E-state index contributed by atoms with van der Waals surface area (Å²) in [6, 6.07) is 0.496. The van der Waals surface area contributed by atoms with Crippen molar-refractivity contribution in [3.05, 3.63) is 16.1 Å². The molecule has 0 saturated carbocycles. The van der Waals surface area contributed by atoms with E-state index in [2.05, 4.69) is 15.7 Å². The molecule has 1 aliphatic heterocycles. The molecule has 3 nitrogen and oxygen atoms in total. The van der Waals surface area contributed by atoms with E-state index in [0.29, 0.717) is 12.6 Å².